The first kappa shape index (κ1) is 18.3. The molecule has 142 valence electrons. The second-order valence-electron chi connectivity index (χ2n) is 5.71. The number of nitrogens with one attached hydrogen (secondary N) is 1. The summed E-state index contributed by atoms with van der Waals surface area (Å²) in [5.41, 5.74) is 1.21. The number of methoxy groups -OCH3 is 2. The highest BCUT2D eigenvalue weighted by atomic mass is 16.5. The molecule has 0 fully saturated rings. The quantitative estimate of drug-likeness (QED) is 0.647. The highest BCUT2D eigenvalue weighted by Gasteiger charge is 2.13. The summed E-state index contributed by atoms with van der Waals surface area (Å²) < 4.78 is 19.5. The normalized spacial score (nSPS) is 10.5. The van der Waals surface area contributed by atoms with Gasteiger partial charge in [0, 0.05) is 31.5 Å². The van der Waals surface area contributed by atoms with Gasteiger partial charge in [0.1, 0.15) is 5.69 Å². The minimum atomic E-state index is -0.271. The fraction of sp³-hybridized carbons (Fsp3) is 0.278. The van der Waals surface area contributed by atoms with Gasteiger partial charge in [-0.2, -0.15) is 10.2 Å². The molecule has 9 nitrogen and oxygen atoms in total. The Bertz CT molecular complexity index is 896. The molecule has 9 heteroatoms. The van der Waals surface area contributed by atoms with E-state index in [9.17, 15) is 4.79 Å². The lowest BCUT2D eigenvalue weighted by Gasteiger charge is -2.13. The SMILES string of the molecule is COc1cccc(OC)c1OCn1ccc(C(=O)NCc2cnn(C)c2)n1. The van der Waals surface area contributed by atoms with Crippen LogP contribution in [0.4, 0.5) is 0 Å². The molecular weight excluding hydrogens is 350 g/mol. The second-order valence-corrected chi connectivity index (χ2v) is 5.71. The maximum Gasteiger partial charge on any atom is 0.272 e. The maximum atomic E-state index is 12.2. The number of carbonyl (C=O) groups is 1. The molecule has 0 bridgehead atoms. The summed E-state index contributed by atoms with van der Waals surface area (Å²) in [6.07, 6.45) is 5.21. The van der Waals surface area contributed by atoms with E-state index in [1.54, 1.807) is 49.5 Å². The van der Waals surface area contributed by atoms with Crippen LogP contribution in [-0.2, 0) is 20.3 Å². The average Bonchev–Trinajstić information content (AvgIpc) is 3.33. The van der Waals surface area contributed by atoms with Crippen LogP contribution in [0.3, 0.4) is 0 Å². The van der Waals surface area contributed by atoms with Crippen molar-refractivity contribution in [1.82, 2.24) is 24.9 Å². The molecule has 0 spiro atoms. The largest absolute Gasteiger partial charge is 0.493 e. The number of para-hydroxylation sites is 1. The molecule has 3 aromatic rings. The highest BCUT2D eigenvalue weighted by Crippen LogP contribution is 2.36. The van der Waals surface area contributed by atoms with Crippen LogP contribution in [0.5, 0.6) is 17.2 Å². The van der Waals surface area contributed by atoms with Gasteiger partial charge in [-0.25, -0.2) is 4.68 Å². The average molecular weight is 371 g/mol. The number of aromatic nitrogens is 4. The molecule has 0 saturated heterocycles. The van der Waals surface area contributed by atoms with Gasteiger partial charge in [-0.3, -0.25) is 9.48 Å². The third-order valence-electron chi connectivity index (χ3n) is 3.81. The molecule has 1 amide bonds. The fourth-order valence-electron chi connectivity index (χ4n) is 2.48. The summed E-state index contributed by atoms with van der Waals surface area (Å²) in [4.78, 5) is 12.2. The van der Waals surface area contributed by atoms with Gasteiger partial charge >= 0.3 is 0 Å². The van der Waals surface area contributed by atoms with Crippen molar-refractivity contribution in [3.63, 3.8) is 0 Å². The maximum absolute atomic E-state index is 12.2. The van der Waals surface area contributed by atoms with Gasteiger partial charge in [-0.1, -0.05) is 6.07 Å². The van der Waals surface area contributed by atoms with Crippen molar-refractivity contribution in [2.24, 2.45) is 7.05 Å². The molecule has 2 aromatic heterocycles. The molecule has 0 aliphatic carbocycles. The van der Waals surface area contributed by atoms with Crippen molar-refractivity contribution in [2.75, 3.05) is 14.2 Å². The number of amides is 1. The predicted octanol–water partition coefficient (Wildman–Crippen LogP) is 1.60. The molecule has 0 unspecified atom stereocenters. The van der Waals surface area contributed by atoms with Crippen LogP contribution in [0.25, 0.3) is 0 Å². The van der Waals surface area contributed by atoms with E-state index in [1.165, 1.54) is 4.68 Å². The Morgan fingerprint density at radius 1 is 1.19 bits per heavy atom. The van der Waals surface area contributed by atoms with Crippen LogP contribution in [0.2, 0.25) is 0 Å². The number of ether oxygens (including phenoxy) is 3. The second kappa shape index (κ2) is 8.26. The zero-order valence-electron chi connectivity index (χ0n) is 15.4. The Morgan fingerprint density at radius 2 is 1.93 bits per heavy atom. The van der Waals surface area contributed by atoms with E-state index in [4.69, 9.17) is 14.2 Å². The fourth-order valence-corrected chi connectivity index (χ4v) is 2.48. The van der Waals surface area contributed by atoms with Crippen LogP contribution in [0.1, 0.15) is 16.1 Å². The van der Waals surface area contributed by atoms with Gasteiger partial charge in [0.2, 0.25) is 5.75 Å². The lowest BCUT2D eigenvalue weighted by molar-refractivity contribution is 0.0943. The van der Waals surface area contributed by atoms with Crippen molar-refractivity contribution in [1.29, 1.82) is 0 Å². The third kappa shape index (κ3) is 4.38. The van der Waals surface area contributed by atoms with Crippen LogP contribution in [-0.4, -0.2) is 39.7 Å². The van der Waals surface area contributed by atoms with Crippen molar-refractivity contribution < 1.29 is 19.0 Å². The first-order valence-electron chi connectivity index (χ1n) is 8.23. The summed E-state index contributed by atoms with van der Waals surface area (Å²) in [5, 5.41) is 11.1. The zero-order chi connectivity index (χ0) is 19.2. The minimum Gasteiger partial charge on any atom is -0.493 e. The number of aryl methyl sites for hydroxylation is 1. The Morgan fingerprint density at radius 3 is 2.56 bits per heavy atom. The highest BCUT2D eigenvalue weighted by molar-refractivity contribution is 5.92. The summed E-state index contributed by atoms with van der Waals surface area (Å²) in [6.45, 7) is 0.487. The van der Waals surface area contributed by atoms with Gasteiger partial charge in [0.05, 0.1) is 20.4 Å². The van der Waals surface area contributed by atoms with Crippen molar-refractivity contribution in [3.8, 4) is 17.2 Å². The molecular formula is C18H21N5O4. The van der Waals surface area contributed by atoms with Gasteiger partial charge < -0.3 is 19.5 Å². The molecule has 0 atom stereocenters. The zero-order valence-corrected chi connectivity index (χ0v) is 15.4. The summed E-state index contributed by atoms with van der Waals surface area (Å²) >= 11 is 0. The Kier molecular flexibility index (Phi) is 5.60. The number of nitrogens with zero attached hydrogens (tertiary/aromatic N) is 4. The lowest BCUT2D eigenvalue weighted by Crippen LogP contribution is -2.23. The number of hydrogen-bond acceptors (Lipinski definition) is 6. The molecule has 27 heavy (non-hydrogen) atoms. The number of rotatable bonds is 8. The van der Waals surface area contributed by atoms with E-state index in [-0.39, 0.29) is 12.6 Å². The monoisotopic (exact) mass is 371 g/mol. The van der Waals surface area contributed by atoms with Crippen LogP contribution < -0.4 is 19.5 Å². The van der Waals surface area contributed by atoms with Crippen molar-refractivity contribution in [3.05, 3.63) is 54.1 Å². The lowest BCUT2D eigenvalue weighted by atomic mass is 10.3. The molecule has 1 N–H and O–H groups in total. The Balaban J connectivity index is 1.60. The minimum absolute atomic E-state index is 0.104. The number of carbonyl (C=O) groups excluding carboxylic acids is 1. The molecule has 2 heterocycles. The van der Waals surface area contributed by atoms with Gasteiger partial charge in [-0.05, 0) is 18.2 Å². The molecule has 0 aliphatic heterocycles. The van der Waals surface area contributed by atoms with Crippen LogP contribution in [0.15, 0.2) is 42.9 Å². The van der Waals surface area contributed by atoms with Gasteiger partial charge in [0.25, 0.3) is 5.91 Å². The van der Waals surface area contributed by atoms with Crippen molar-refractivity contribution in [2.45, 2.75) is 13.3 Å². The van der Waals surface area contributed by atoms with E-state index in [0.717, 1.165) is 5.56 Å². The number of benzene rings is 1. The van der Waals surface area contributed by atoms with E-state index in [1.807, 2.05) is 19.3 Å². The van der Waals surface area contributed by atoms with Crippen LogP contribution in [0, 0.1) is 0 Å². The molecule has 0 saturated carbocycles. The first-order chi connectivity index (χ1) is 13.1. The van der Waals surface area contributed by atoms with E-state index < -0.39 is 0 Å². The Labute approximate surface area is 156 Å². The summed E-state index contributed by atoms with van der Waals surface area (Å²) in [6, 6.07) is 6.99. The van der Waals surface area contributed by atoms with E-state index >= 15 is 0 Å². The summed E-state index contributed by atoms with van der Waals surface area (Å²) in [7, 11) is 4.93. The molecule has 0 radical (unpaired) electrons. The topological polar surface area (TPSA) is 92.4 Å². The third-order valence-corrected chi connectivity index (χ3v) is 3.81. The smallest absolute Gasteiger partial charge is 0.272 e. The summed E-state index contributed by atoms with van der Waals surface area (Å²) in [5.74, 6) is 1.31. The standard InChI is InChI=1S/C18H21N5O4/c1-22-11-13(10-20-22)9-19-18(24)14-7-8-23(21-14)12-27-17-15(25-2)5-4-6-16(17)26-3/h4-8,10-11H,9,12H2,1-3H3,(H,19,24). The van der Waals surface area contributed by atoms with Gasteiger partial charge in [-0.15, -0.1) is 0 Å². The predicted molar refractivity (Wildman–Crippen MR) is 96.8 cm³/mol. The first-order valence-corrected chi connectivity index (χ1v) is 8.23. The van der Waals surface area contributed by atoms with E-state index in [0.29, 0.717) is 29.5 Å². The van der Waals surface area contributed by atoms with Crippen molar-refractivity contribution >= 4 is 5.91 Å². The Hall–Kier alpha value is -3.49. The number of hydrogen-bond donors (Lipinski definition) is 1. The molecule has 0 aliphatic rings. The molecule has 1 aromatic carbocycles. The van der Waals surface area contributed by atoms with Crippen LogP contribution >= 0.6 is 0 Å². The molecule has 3 rings (SSSR count). The van der Waals surface area contributed by atoms with Gasteiger partial charge in [0.15, 0.2) is 18.2 Å². The van der Waals surface area contributed by atoms with E-state index in [2.05, 4.69) is 15.5 Å².